The minimum Gasteiger partial charge on any atom is -0.492 e. The predicted octanol–water partition coefficient (Wildman–Crippen LogP) is 3.64. The van der Waals surface area contributed by atoms with Crippen molar-refractivity contribution in [3.05, 3.63) is 28.3 Å². The van der Waals surface area contributed by atoms with E-state index in [9.17, 15) is 4.79 Å². The smallest absolute Gasteiger partial charge is 0.343 e. The van der Waals surface area contributed by atoms with Gasteiger partial charge in [0.2, 0.25) is 18.3 Å². The van der Waals surface area contributed by atoms with Crippen LogP contribution in [0, 0.1) is 0 Å². The number of hydrogen-bond donors (Lipinski definition) is 1. The van der Waals surface area contributed by atoms with E-state index < -0.39 is 18.1 Å². The van der Waals surface area contributed by atoms with Crippen LogP contribution in [0.25, 0.3) is 0 Å². The maximum absolute atomic E-state index is 13.4. The van der Waals surface area contributed by atoms with Crippen LogP contribution < -0.4 is 34.2 Å². The van der Waals surface area contributed by atoms with E-state index in [-0.39, 0.29) is 18.1 Å². The molecule has 0 spiro atoms. The number of carbonyl (C=O) groups is 1. The zero-order valence-corrected chi connectivity index (χ0v) is 21.3. The number of esters is 1. The molecule has 10 heteroatoms. The lowest BCUT2D eigenvalue weighted by atomic mass is 9.84. The number of nitrogens with zero attached hydrogens (tertiary/aromatic N) is 1. The highest BCUT2D eigenvalue weighted by molar-refractivity contribution is 6.02. The van der Waals surface area contributed by atoms with Crippen molar-refractivity contribution in [1.29, 1.82) is 0 Å². The fourth-order valence-electron chi connectivity index (χ4n) is 5.37. The Morgan fingerprint density at radius 2 is 1.69 bits per heavy atom. The minimum absolute atomic E-state index is 0.124. The molecule has 0 saturated carbocycles. The predicted molar refractivity (Wildman–Crippen MR) is 131 cm³/mol. The van der Waals surface area contributed by atoms with E-state index >= 15 is 0 Å². The molecule has 0 aliphatic carbocycles. The summed E-state index contributed by atoms with van der Waals surface area (Å²) in [6, 6.07) is 1.59. The van der Waals surface area contributed by atoms with Crippen LogP contribution in [-0.4, -0.2) is 58.2 Å². The van der Waals surface area contributed by atoms with E-state index in [4.69, 9.17) is 38.9 Å². The summed E-state index contributed by atoms with van der Waals surface area (Å²) in [6.07, 6.45) is 0.0376. The van der Waals surface area contributed by atoms with Crippen LogP contribution in [0.4, 0.5) is 5.69 Å². The van der Waals surface area contributed by atoms with Gasteiger partial charge in [-0.25, -0.2) is 4.79 Å². The van der Waals surface area contributed by atoms with Crippen LogP contribution in [0.15, 0.2) is 6.07 Å². The number of likely N-dealkylation sites (N-methyl/N-ethyl adjacent to an activating group) is 1. The van der Waals surface area contributed by atoms with Crippen molar-refractivity contribution >= 4 is 11.7 Å². The van der Waals surface area contributed by atoms with E-state index in [1.165, 1.54) is 0 Å². The van der Waals surface area contributed by atoms with Crippen LogP contribution in [0.1, 0.15) is 60.0 Å². The first-order valence-electron chi connectivity index (χ1n) is 12.2. The van der Waals surface area contributed by atoms with Gasteiger partial charge in [0, 0.05) is 17.7 Å². The number of fused-ring (bicyclic) bond motifs is 3. The molecule has 0 aromatic heterocycles. The number of benzene rings is 2. The Hall–Kier alpha value is -3.53. The lowest BCUT2D eigenvalue weighted by molar-refractivity contribution is 0.00888. The van der Waals surface area contributed by atoms with E-state index in [1.807, 2.05) is 33.9 Å². The fraction of sp³-hybridized carbons (Fsp3) is 0.500. The molecule has 2 aromatic carbocycles. The second-order valence-electron chi connectivity index (χ2n) is 8.71. The molecule has 0 bridgehead atoms. The number of nitrogen functional groups attached to an aromatic ring is 1. The van der Waals surface area contributed by atoms with Crippen LogP contribution in [0.2, 0.25) is 0 Å². The highest BCUT2D eigenvalue weighted by Crippen LogP contribution is 2.59. The van der Waals surface area contributed by atoms with Gasteiger partial charge in [-0.3, -0.25) is 4.90 Å². The van der Waals surface area contributed by atoms with Gasteiger partial charge in [-0.05, 0) is 45.9 Å². The molecule has 2 unspecified atom stereocenters. The molecule has 2 atom stereocenters. The van der Waals surface area contributed by atoms with E-state index in [0.29, 0.717) is 59.8 Å². The van der Waals surface area contributed by atoms with Crippen molar-refractivity contribution in [2.24, 2.45) is 0 Å². The summed E-state index contributed by atoms with van der Waals surface area (Å²) < 4.78 is 41.0. The molecule has 3 heterocycles. The van der Waals surface area contributed by atoms with Crippen molar-refractivity contribution < 1.29 is 38.0 Å². The maximum atomic E-state index is 13.4. The Labute approximate surface area is 210 Å². The van der Waals surface area contributed by atoms with Crippen LogP contribution in [0.5, 0.6) is 34.5 Å². The highest BCUT2D eigenvalue weighted by Gasteiger charge is 2.48. The van der Waals surface area contributed by atoms with E-state index in [1.54, 1.807) is 7.11 Å². The summed E-state index contributed by atoms with van der Waals surface area (Å²) in [7, 11) is 3.59. The van der Waals surface area contributed by atoms with E-state index in [2.05, 4.69) is 4.90 Å². The molecule has 0 fully saturated rings. The first-order valence-corrected chi connectivity index (χ1v) is 12.2. The van der Waals surface area contributed by atoms with Crippen molar-refractivity contribution in [1.82, 2.24) is 4.90 Å². The number of cyclic esters (lactones) is 1. The molecule has 3 aliphatic rings. The van der Waals surface area contributed by atoms with Crippen molar-refractivity contribution in [3.63, 3.8) is 0 Å². The van der Waals surface area contributed by atoms with Gasteiger partial charge in [-0.1, -0.05) is 0 Å². The summed E-state index contributed by atoms with van der Waals surface area (Å²) in [4.78, 5) is 15.5. The van der Waals surface area contributed by atoms with Gasteiger partial charge in [-0.15, -0.1) is 0 Å². The fourth-order valence-corrected chi connectivity index (χ4v) is 5.37. The summed E-state index contributed by atoms with van der Waals surface area (Å²) in [6.45, 7) is 7.44. The Bertz CT molecular complexity index is 1200. The van der Waals surface area contributed by atoms with Gasteiger partial charge < -0.3 is 38.9 Å². The molecule has 0 radical (unpaired) electrons. The molecule has 0 saturated heterocycles. The Morgan fingerprint density at radius 1 is 1.00 bits per heavy atom. The van der Waals surface area contributed by atoms with Gasteiger partial charge >= 0.3 is 5.97 Å². The quantitative estimate of drug-likeness (QED) is 0.426. The van der Waals surface area contributed by atoms with Gasteiger partial charge in [0.15, 0.2) is 29.1 Å². The summed E-state index contributed by atoms with van der Waals surface area (Å²) in [5.41, 5.74) is 9.74. The molecule has 36 heavy (non-hydrogen) atoms. The zero-order chi connectivity index (χ0) is 25.6. The summed E-state index contributed by atoms with van der Waals surface area (Å²) >= 11 is 0. The third-order valence-corrected chi connectivity index (χ3v) is 6.77. The topological polar surface area (TPSA) is 111 Å². The normalized spacial score (nSPS) is 20.0. The van der Waals surface area contributed by atoms with Crippen molar-refractivity contribution in [3.8, 4) is 34.5 Å². The Morgan fingerprint density at radius 3 is 2.39 bits per heavy atom. The highest BCUT2D eigenvalue weighted by atomic mass is 16.7. The summed E-state index contributed by atoms with van der Waals surface area (Å²) in [5, 5.41) is 0. The average molecular weight is 501 g/mol. The minimum atomic E-state index is -0.736. The second kappa shape index (κ2) is 9.50. The lowest BCUT2D eigenvalue weighted by Gasteiger charge is -2.38. The molecule has 5 rings (SSSR count). The maximum Gasteiger partial charge on any atom is 0.343 e. The number of hydrogen-bond acceptors (Lipinski definition) is 10. The Balaban J connectivity index is 1.74. The van der Waals surface area contributed by atoms with Gasteiger partial charge in [0.1, 0.15) is 5.56 Å². The molecule has 2 aromatic rings. The number of methoxy groups -OCH3 is 1. The Kier molecular flexibility index (Phi) is 6.38. The lowest BCUT2D eigenvalue weighted by Crippen LogP contribution is -2.36. The SMILES string of the molecule is CCOc1c(N)c2c(c(OCC)c1OCC)C(=O)OC2C1c2c(cc3c(c2OC)OCO3)CCN1C. The molecule has 0 amide bonds. The van der Waals surface area contributed by atoms with Crippen LogP contribution in [-0.2, 0) is 11.2 Å². The van der Waals surface area contributed by atoms with Crippen LogP contribution >= 0.6 is 0 Å². The van der Waals surface area contributed by atoms with Gasteiger partial charge in [0.05, 0.1) is 38.7 Å². The number of anilines is 1. The van der Waals surface area contributed by atoms with Gasteiger partial charge in [-0.2, -0.15) is 0 Å². The average Bonchev–Trinajstić information content (AvgIpc) is 3.47. The van der Waals surface area contributed by atoms with Crippen molar-refractivity contribution in [2.45, 2.75) is 39.3 Å². The number of nitrogens with two attached hydrogens (primary N) is 1. The standard InChI is InChI=1S/C26H32N2O8/c1-6-31-23-17-16(18(27)24(32-7-2)25(23)33-8-3)21(36-26(17)29)19-15-13(9-10-28(19)4)11-14-20(22(15)30-5)35-12-34-14/h11,19,21H,6-10,12,27H2,1-5H3. The molecule has 2 N–H and O–H groups in total. The monoisotopic (exact) mass is 500 g/mol. The third-order valence-electron chi connectivity index (χ3n) is 6.77. The van der Waals surface area contributed by atoms with Crippen LogP contribution in [0.3, 0.4) is 0 Å². The number of ether oxygens (including phenoxy) is 7. The van der Waals surface area contributed by atoms with E-state index in [0.717, 1.165) is 24.1 Å². The third kappa shape index (κ3) is 3.54. The molecular weight excluding hydrogens is 468 g/mol. The number of carbonyl (C=O) groups excluding carboxylic acids is 1. The first kappa shape index (κ1) is 24.2. The molecule has 194 valence electrons. The van der Waals surface area contributed by atoms with Crippen molar-refractivity contribution in [2.75, 3.05) is 53.0 Å². The number of rotatable bonds is 8. The zero-order valence-electron chi connectivity index (χ0n) is 21.3. The second-order valence-corrected chi connectivity index (χ2v) is 8.71. The summed E-state index contributed by atoms with van der Waals surface area (Å²) in [5.74, 6) is 2.20. The molecule has 3 aliphatic heterocycles. The largest absolute Gasteiger partial charge is 0.492 e. The molecule has 10 nitrogen and oxygen atoms in total. The molecular formula is C26H32N2O8. The first-order chi connectivity index (χ1) is 17.5. The van der Waals surface area contributed by atoms with Gasteiger partial charge in [0.25, 0.3) is 0 Å².